The number of nitrogens with one attached hydrogen (secondary N) is 1. The summed E-state index contributed by atoms with van der Waals surface area (Å²) in [6.45, 7) is 2.83. The molecule has 12 heavy (non-hydrogen) atoms. The van der Waals surface area contributed by atoms with Gasteiger partial charge in [-0.2, -0.15) is 0 Å². The summed E-state index contributed by atoms with van der Waals surface area (Å²) in [5, 5.41) is 3.28. The molecule has 4 heteroatoms. The summed E-state index contributed by atoms with van der Waals surface area (Å²) in [7, 11) is 0. The summed E-state index contributed by atoms with van der Waals surface area (Å²) in [5.74, 6) is 0.655. The Morgan fingerprint density at radius 1 is 1.33 bits per heavy atom. The van der Waals surface area contributed by atoms with Gasteiger partial charge < -0.3 is 10.1 Å². The van der Waals surface area contributed by atoms with E-state index in [4.69, 9.17) is 4.74 Å². The predicted octanol–water partition coefficient (Wildman–Crippen LogP) is 1.39. The lowest BCUT2D eigenvalue weighted by Gasteiger charge is -2.21. The molecule has 0 aliphatic carbocycles. The standard InChI is InChI=1S/C8H16FNO.ClH/c9-3-6-11-7-8-1-4-10-5-2-8;/h8,10H,1-7H2;1H. The highest BCUT2D eigenvalue weighted by Crippen LogP contribution is 2.11. The molecule has 74 valence electrons. The van der Waals surface area contributed by atoms with Gasteiger partial charge in [-0.3, -0.25) is 0 Å². The van der Waals surface area contributed by atoms with Gasteiger partial charge in [0.15, 0.2) is 0 Å². The molecule has 1 rings (SSSR count). The van der Waals surface area contributed by atoms with Crippen LogP contribution in [0.15, 0.2) is 0 Å². The first-order valence-corrected chi connectivity index (χ1v) is 4.28. The van der Waals surface area contributed by atoms with Crippen molar-refractivity contribution in [3.8, 4) is 0 Å². The van der Waals surface area contributed by atoms with Crippen LogP contribution < -0.4 is 5.32 Å². The average Bonchev–Trinajstić information content (AvgIpc) is 2.07. The first kappa shape index (κ1) is 12.1. The minimum Gasteiger partial charge on any atom is -0.378 e. The topological polar surface area (TPSA) is 21.3 Å². The van der Waals surface area contributed by atoms with Crippen molar-refractivity contribution < 1.29 is 9.13 Å². The quantitative estimate of drug-likeness (QED) is 0.688. The molecule has 0 aromatic heterocycles. The molecular formula is C8H17ClFNO. The Bertz CT molecular complexity index is 99.1. The van der Waals surface area contributed by atoms with E-state index in [-0.39, 0.29) is 25.7 Å². The molecular weight excluding hydrogens is 181 g/mol. The van der Waals surface area contributed by atoms with E-state index < -0.39 is 0 Å². The molecule has 1 aliphatic heterocycles. The van der Waals surface area contributed by atoms with Gasteiger partial charge in [0.1, 0.15) is 6.67 Å². The molecule has 1 N–H and O–H groups in total. The molecule has 0 unspecified atom stereocenters. The second-order valence-corrected chi connectivity index (χ2v) is 2.96. The van der Waals surface area contributed by atoms with Gasteiger partial charge in [-0.25, -0.2) is 4.39 Å². The van der Waals surface area contributed by atoms with Gasteiger partial charge in [-0.15, -0.1) is 12.4 Å². The Hall–Kier alpha value is 0.140. The number of halogens is 2. The minimum absolute atomic E-state index is 0. The van der Waals surface area contributed by atoms with Crippen LogP contribution in [0.25, 0.3) is 0 Å². The van der Waals surface area contributed by atoms with Gasteiger partial charge >= 0.3 is 0 Å². The van der Waals surface area contributed by atoms with Crippen molar-refractivity contribution in [1.82, 2.24) is 5.32 Å². The second-order valence-electron chi connectivity index (χ2n) is 2.96. The highest BCUT2D eigenvalue weighted by atomic mass is 35.5. The molecule has 0 saturated carbocycles. The smallest absolute Gasteiger partial charge is 0.113 e. The average molecular weight is 198 g/mol. The summed E-state index contributed by atoms with van der Waals surface area (Å²) >= 11 is 0. The van der Waals surface area contributed by atoms with Crippen molar-refractivity contribution in [2.45, 2.75) is 12.8 Å². The first-order valence-electron chi connectivity index (χ1n) is 4.28. The third-order valence-corrected chi connectivity index (χ3v) is 2.03. The third kappa shape index (κ3) is 4.91. The fourth-order valence-electron chi connectivity index (χ4n) is 1.35. The third-order valence-electron chi connectivity index (χ3n) is 2.03. The molecule has 1 heterocycles. The maximum Gasteiger partial charge on any atom is 0.113 e. The van der Waals surface area contributed by atoms with Gasteiger partial charge in [0, 0.05) is 6.61 Å². The van der Waals surface area contributed by atoms with Crippen LogP contribution in [-0.2, 0) is 4.74 Å². The normalized spacial score (nSPS) is 18.8. The number of ether oxygens (including phenoxy) is 1. The van der Waals surface area contributed by atoms with E-state index in [1.54, 1.807) is 0 Å². The van der Waals surface area contributed by atoms with Crippen molar-refractivity contribution in [3.63, 3.8) is 0 Å². The van der Waals surface area contributed by atoms with Crippen LogP contribution in [0.5, 0.6) is 0 Å². The molecule has 2 nitrogen and oxygen atoms in total. The Morgan fingerprint density at radius 2 is 2.00 bits per heavy atom. The van der Waals surface area contributed by atoms with Crippen LogP contribution in [0, 0.1) is 5.92 Å². The highest BCUT2D eigenvalue weighted by Gasteiger charge is 2.12. The van der Waals surface area contributed by atoms with Gasteiger partial charge in [0.2, 0.25) is 0 Å². The maximum absolute atomic E-state index is 11.6. The largest absolute Gasteiger partial charge is 0.378 e. The molecule has 0 bridgehead atoms. The van der Waals surface area contributed by atoms with E-state index >= 15 is 0 Å². The Labute approximate surface area is 79.3 Å². The van der Waals surface area contributed by atoms with Gasteiger partial charge in [-0.05, 0) is 31.8 Å². The molecule has 1 aliphatic rings. The SMILES string of the molecule is Cl.FCCOCC1CCNCC1. The number of hydrogen-bond donors (Lipinski definition) is 1. The van der Waals surface area contributed by atoms with Crippen molar-refractivity contribution >= 4 is 12.4 Å². The molecule has 0 atom stereocenters. The Balaban J connectivity index is 0.00000121. The van der Waals surface area contributed by atoms with E-state index in [0.717, 1.165) is 19.7 Å². The zero-order valence-electron chi connectivity index (χ0n) is 7.22. The van der Waals surface area contributed by atoms with Crippen molar-refractivity contribution in [1.29, 1.82) is 0 Å². The molecule has 0 aromatic rings. The van der Waals surface area contributed by atoms with Gasteiger partial charge in [-0.1, -0.05) is 0 Å². The van der Waals surface area contributed by atoms with Crippen LogP contribution in [-0.4, -0.2) is 33.0 Å². The first-order chi connectivity index (χ1) is 5.43. The lowest BCUT2D eigenvalue weighted by atomic mass is 9.99. The summed E-state index contributed by atoms with van der Waals surface area (Å²) in [6, 6.07) is 0. The minimum atomic E-state index is -0.356. The van der Waals surface area contributed by atoms with Gasteiger partial charge in [0.25, 0.3) is 0 Å². The molecule has 0 radical (unpaired) electrons. The van der Waals surface area contributed by atoms with E-state index in [9.17, 15) is 4.39 Å². The van der Waals surface area contributed by atoms with E-state index in [1.165, 1.54) is 12.8 Å². The molecule has 1 fully saturated rings. The van der Waals surface area contributed by atoms with E-state index in [1.807, 2.05) is 0 Å². The van der Waals surface area contributed by atoms with Crippen LogP contribution in [0.4, 0.5) is 4.39 Å². The second kappa shape index (κ2) is 7.77. The molecule has 0 amide bonds. The van der Waals surface area contributed by atoms with Crippen molar-refractivity contribution in [2.24, 2.45) is 5.92 Å². The van der Waals surface area contributed by atoms with E-state index in [2.05, 4.69) is 5.32 Å². The fourth-order valence-corrected chi connectivity index (χ4v) is 1.35. The summed E-state index contributed by atoms with van der Waals surface area (Å²) < 4.78 is 16.7. The number of rotatable bonds is 4. The van der Waals surface area contributed by atoms with Crippen LogP contribution >= 0.6 is 12.4 Å². The lowest BCUT2D eigenvalue weighted by molar-refractivity contribution is 0.0779. The summed E-state index contributed by atoms with van der Waals surface area (Å²) in [6.07, 6.45) is 2.35. The zero-order chi connectivity index (χ0) is 7.94. The van der Waals surface area contributed by atoms with Crippen LogP contribution in [0.3, 0.4) is 0 Å². The van der Waals surface area contributed by atoms with Gasteiger partial charge in [0.05, 0.1) is 6.61 Å². The monoisotopic (exact) mass is 197 g/mol. The molecule has 0 aromatic carbocycles. The molecule has 0 spiro atoms. The van der Waals surface area contributed by atoms with E-state index in [0.29, 0.717) is 5.92 Å². The number of hydrogen-bond acceptors (Lipinski definition) is 2. The maximum atomic E-state index is 11.6. The Morgan fingerprint density at radius 3 is 2.58 bits per heavy atom. The summed E-state index contributed by atoms with van der Waals surface area (Å²) in [4.78, 5) is 0. The summed E-state index contributed by atoms with van der Waals surface area (Å²) in [5.41, 5.74) is 0. The zero-order valence-corrected chi connectivity index (χ0v) is 8.04. The highest BCUT2D eigenvalue weighted by molar-refractivity contribution is 5.85. The Kier molecular flexibility index (Phi) is 7.86. The molecule has 1 saturated heterocycles. The predicted molar refractivity (Wildman–Crippen MR) is 49.6 cm³/mol. The van der Waals surface area contributed by atoms with Crippen molar-refractivity contribution in [2.75, 3.05) is 33.0 Å². The lowest BCUT2D eigenvalue weighted by Crippen LogP contribution is -2.30. The van der Waals surface area contributed by atoms with Crippen molar-refractivity contribution in [3.05, 3.63) is 0 Å². The number of piperidine rings is 1. The van der Waals surface area contributed by atoms with Crippen LogP contribution in [0.1, 0.15) is 12.8 Å². The van der Waals surface area contributed by atoms with Crippen LogP contribution in [0.2, 0.25) is 0 Å². The fraction of sp³-hybridized carbons (Fsp3) is 1.00. The number of alkyl halides is 1.